The van der Waals surface area contributed by atoms with Crippen LogP contribution in [0, 0.1) is 6.92 Å². The lowest BCUT2D eigenvalue weighted by Gasteiger charge is -2.08. The van der Waals surface area contributed by atoms with Crippen molar-refractivity contribution < 1.29 is 0 Å². The summed E-state index contributed by atoms with van der Waals surface area (Å²) in [4.78, 5) is 0. The van der Waals surface area contributed by atoms with E-state index in [4.69, 9.17) is 0 Å². The molecule has 1 N–H and O–H groups in total. The Morgan fingerprint density at radius 3 is 2.67 bits per heavy atom. The fraction of sp³-hybridized carbons (Fsp3) is 0.176. The average molecular weight is 239 g/mol. The molecule has 0 aliphatic heterocycles. The Labute approximate surface area is 110 Å². The first-order valence-corrected chi connectivity index (χ1v) is 6.13. The molecule has 0 saturated carbocycles. The molecule has 0 radical (unpaired) electrons. The van der Waals surface area contributed by atoms with Gasteiger partial charge in [-0.2, -0.15) is 0 Å². The first-order valence-electron chi connectivity index (χ1n) is 6.13. The SMILES string of the molecule is C=Cc1cc(N/C(C)=C/C=C\C=C\C)ccc1C. The quantitative estimate of drug-likeness (QED) is 0.706. The molecule has 0 fully saturated rings. The standard InChI is InChI=1S/C17H21N/c1-5-7-8-9-10-15(4)18-17-12-11-14(3)16(6-2)13-17/h5-13,18H,2H2,1,3-4H3/b7-5+,9-8-,15-10+. The minimum Gasteiger partial charge on any atom is -0.359 e. The summed E-state index contributed by atoms with van der Waals surface area (Å²) in [5, 5.41) is 3.36. The molecule has 1 nitrogen and oxygen atoms in total. The van der Waals surface area contributed by atoms with Crippen LogP contribution in [0.3, 0.4) is 0 Å². The monoisotopic (exact) mass is 239 g/mol. The summed E-state index contributed by atoms with van der Waals surface area (Å²) in [5.74, 6) is 0. The summed E-state index contributed by atoms with van der Waals surface area (Å²) in [6, 6.07) is 6.28. The molecule has 0 atom stereocenters. The van der Waals surface area contributed by atoms with Crippen molar-refractivity contribution in [1.82, 2.24) is 0 Å². The van der Waals surface area contributed by atoms with E-state index in [1.54, 1.807) is 0 Å². The van der Waals surface area contributed by atoms with Crippen LogP contribution >= 0.6 is 0 Å². The van der Waals surface area contributed by atoms with Crippen LogP contribution in [-0.2, 0) is 0 Å². The Hall–Kier alpha value is -2.02. The normalized spacial score (nSPS) is 12.3. The van der Waals surface area contributed by atoms with Gasteiger partial charge in [-0.25, -0.2) is 0 Å². The molecule has 0 saturated heterocycles. The Bertz CT molecular complexity index is 490. The second-order valence-corrected chi connectivity index (χ2v) is 4.16. The maximum Gasteiger partial charge on any atom is 0.0387 e. The van der Waals surface area contributed by atoms with Gasteiger partial charge in [0.25, 0.3) is 0 Å². The van der Waals surface area contributed by atoms with Gasteiger partial charge in [-0.05, 0) is 50.1 Å². The van der Waals surface area contributed by atoms with Gasteiger partial charge in [0.15, 0.2) is 0 Å². The summed E-state index contributed by atoms with van der Waals surface area (Å²) in [7, 11) is 0. The van der Waals surface area contributed by atoms with Gasteiger partial charge in [0.2, 0.25) is 0 Å². The van der Waals surface area contributed by atoms with Gasteiger partial charge < -0.3 is 5.32 Å². The highest BCUT2D eigenvalue weighted by Crippen LogP contribution is 2.17. The molecule has 1 aromatic carbocycles. The number of benzene rings is 1. The number of allylic oxidation sites excluding steroid dienone is 6. The molecule has 0 aliphatic rings. The summed E-state index contributed by atoms with van der Waals surface area (Å²) in [5.41, 5.74) is 4.60. The van der Waals surface area contributed by atoms with Crippen LogP contribution in [0.2, 0.25) is 0 Å². The van der Waals surface area contributed by atoms with Crippen molar-refractivity contribution in [2.45, 2.75) is 20.8 Å². The third kappa shape index (κ3) is 4.46. The lowest BCUT2D eigenvalue weighted by molar-refractivity contribution is 1.35. The molecule has 0 unspecified atom stereocenters. The van der Waals surface area contributed by atoms with Crippen LogP contribution in [0.25, 0.3) is 6.08 Å². The first kappa shape index (κ1) is 14.0. The maximum atomic E-state index is 3.82. The molecule has 0 spiro atoms. The van der Waals surface area contributed by atoms with Gasteiger partial charge >= 0.3 is 0 Å². The zero-order valence-corrected chi connectivity index (χ0v) is 11.4. The van der Waals surface area contributed by atoms with Crippen LogP contribution in [0.4, 0.5) is 5.69 Å². The van der Waals surface area contributed by atoms with Gasteiger partial charge in [0, 0.05) is 11.4 Å². The molecule has 1 heteroatoms. The van der Waals surface area contributed by atoms with Crippen LogP contribution in [0.15, 0.2) is 60.9 Å². The third-order valence-corrected chi connectivity index (χ3v) is 2.60. The number of aryl methyl sites for hydroxylation is 1. The van der Waals surface area contributed by atoms with Crippen molar-refractivity contribution in [3.63, 3.8) is 0 Å². The van der Waals surface area contributed by atoms with Crippen molar-refractivity contribution in [3.05, 3.63) is 72.0 Å². The van der Waals surface area contributed by atoms with Crippen LogP contribution < -0.4 is 5.32 Å². The molecule has 0 heterocycles. The van der Waals surface area contributed by atoms with E-state index in [0.717, 1.165) is 16.9 Å². The predicted octanol–water partition coefficient (Wildman–Crippen LogP) is 5.09. The highest BCUT2D eigenvalue weighted by Gasteiger charge is 1.97. The molecule has 0 aromatic heterocycles. The molecule has 18 heavy (non-hydrogen) atoms. The Balaban J connectivity index is 2.75. The number of rotatable bonds is 5. The van der Waals surface area contributed by atoms with E-state index in [1.165, 1.54) is 5.56 Å². The summed E-state index contributed by atoms with van der Waals surface area (Å²) in [6.07, 6.45) is 12.0. The average Bonchev–Trinajstić information content (AvgIpc) is 2.37. The molecule has 1 aromatic rings. The van der Waals surface area contributed by atoms with Crippen LogP contribution in [0.1, 0.15) is 25.0 Å². The molecule has 94 valence electrons. The summed E-state index contributed by atoms with van der Waals surface area (Å²) < 4.78 is 0. The van der Waals surface area contributed by atoms with Crippen molar-refractivity contribution in [2.75, 3.05) is 5.32 Å². The topological polar surface area (TPSA) is 12.0 Å². The first-order chi connectivity index (χ1) is 8.67. The van der Waals surface area contributed by atoms with E-state index in [2.05, 4.69) is 37.0 Å². The fourth-order valence-corrected chi connectivity index (χ4v) is 1.58. The van der Waals surface area contributed by atoms with E-state index in [0.29, 0.717) is 0 Å². The van der Waals surface area contributed by atoms with Crippen LogP contribution in [-0.4, -0.2) is 0 Å². The van der Waals surface area contributed by atoms with Crippen molar-refractivity contribution in [1.29, 1.82) is 0 Å². The zero-order chi connectivity index (χ0) is 13.4. The minimum absolute atomic E-state index is 1.09. The van der Waals surface area contributed by atoms with Crippen molar-refractivity contribution in [2.24, 2.45) is 0 Å². The van der Waals surface area contributed by atoms with Gasteiger partial charge in [-0.3, -0.25) is 0 Å². The Morgan fingerprint density at radius 1 is 1.22 bits per heavy atom. The van der Waals surface area contributed by atoms with E-state index < -0.39 is 0 Å². The highest BCUT2D eigenvalue weighted by molar-refractivity contribution is 5.61. The number of nitrogens with one attached hydrogen (secondary N) is 1. The molecular weight excluding hydrogens is 218 g/mol. The largest absolute Gasteiger partial charge is 0.359 e. The molecule has 0 amide bonds. The van der Waals surface area contributed by atoms with Gasteiger partial charge in [0.1, 0.15) is 0 Å². The molecule has 0 bridgehead atoms. The van der Waals surface area contributed by atoms with E-state index in [-0.39, 0.29) is 0 Å². The second kappa shape index (κ2) is 7.33. The molecule has 0 aliphatic carbocycles. The molecular formula is C17H21N. The van der Waals surface area contributed by atoms with Crippen molar-refractivity contribution >= 4 is 11.8 Å². The Kier molecular flexibility index (Phi) is 5.72. The smallest absolute Gasteiger partial charge is 0.0387 e. The number of hydrogen-bond acceptors (Lipinski definition) is 1. The van der Waals surface area contributed by atoms with E-state index >= 15 is 0 Å². The van der Waals surface area contributed by atoms with Gasteiger partial charge in [-0.15, -0.1) is 0 Å². The highest BCUT2D eigenvalue weighted by atomic mass is 14.9. The van der Waals surface area contributed by atoms with Crippen molar-refractivity contribution in [3.8, 4) is 0 Å². The summed E-state index contributed by atoms with van der Waals surface area (Å²) in [6.45, 7) is 9.96. The van der Waals surface area contributed by atoms with Gasteiger partial charge in [-0.1, -0.05) is 43.0 Å². The fourth-order valence-electron chi connectivity index (χ4n) is 1.58. The zero-order valence-electron chi connectivity index (χ0n) is 11.4. The number of hydrogen-bond donors (Lipinski definition) is 1. The lowest BCUT2D eigenvalue weighted by Crippen LogP contribution is -1.95. The van der Waals surface area contributed by atoms with E-state index in [1.807, 2.05) is 50.3 Å². The lowest BCUT2D eigenvalue weighted by atomic mass is 10.1. The van der Waals surface area contributed by atoms with E-state index in [9.17, 15) is 0 Å². The predicted molar refractivity (Wildman–Crippen MR) is 82.6 cm³/mol. The molecule has 1 rings (SSSR count). The third-order valence-electron chi connectivity index (χ3n) is 2.60. The second-order valence-electron chi connectivity index (χ2n) is 4.16. The maximum absolute atomic E-state index is 3.82. The Morgan fingerprint density at radius 2 is 2.00 bits per heavy atom. The van der Waals surface area contributed by atoms with Crippen LogP contribution in [0.5, 0.6) is 0 Å². The number of anilines is 1. The van der Waals surface area contributed by atoms with Gasteiger partial charge in [0.05, 0.1) is 0 Å². The minimum atomic E-state index is 1.09. The summed E-state index contributed by atoms with van der Waals surface area (Å²) >= 11 is 0.